The average molecular weight is 779 g/mol. The van der Waals surface area contributed by atoms with Crippen LogP contribution >= 0.6 is 0 Å². The van der Waals surface area contributed by atoms with Gasteiger partial charge in [0.2, 0.25) is 0 Å². The Balaban J connectivity index is 1.61. The molecule has 4 nitrogen and oxygen atoms in total. The lowest BCUT2D eigenvalue weighted by atomic mass is 10.1. The summed E-state index contributed by atoms with van der Waals surface area (Å²) < 4.78 is 29.7. The third kappa shape index (κ3) is 8.58. The Kier molecular flexibility index (Phi) is 13.1. The first kappa shape index (κ1) is 42.3. The van der Waals surface area contributed by atoms with Gasteiger partial charge in [-0.25, -0.2) is 0 Å². The second kappa shape index (κ2) is 16.7. The average Bonchev–Trinajstić information content (AvgIpc) is 3.54. The van der Waals surface area contributed by atoms with Gasteiger partial charge in [0.25, 0.3) is 16.6 Å². The molecule has 0 aromatic heterocycles. The van der Waals surface area contributed by atoms with Crippen LogP contribution in [0.25, 0.3) is 0 Å². The summed E-state index contributed by atoms with van der Waals surface area (Å²) in [4.78, 5) is 0. The van der Waals surface area contributed by atoms with Crippen LogP contribution in [0.4, 0.5) is 0 Å². The highest BCUT2D eigenvalue weighted by molar-refractivity contribution is 7.00. The summed E-state index contributed by atoms with van der Waals surface area (Å²) >= 11 is 0. The normalized spacial score (nSPS) is 19.4. The lowest BCUT2D eigenvalue weighted by Gasteiger charge is -2.46. The van der Waals surface area contributed by atoms with Crippen molar-refractivity contribution in [2.75, 3.05) is 6.61 Å². The van der Waals surface area contributed by atoms with Crippen molar-refractivity contribution >= 4 is 45.7 Å². The third-order valence-electron chi connectivity index (χ3n) is 12.0. The summed E-state index contributed by atoms with van der Waals surface area (Å²) in [7, 11) is -7.82. The van der Waals surface area contributed by atoms with Crippen LogP contribution in [0.5, 0.6) is 0 Å². The van der Waals surface area contributed by atoms with E-state index in [0.717, 1.165) is 6.42 Å². The minimum atomic E-state index is -2.93. The van der Waals surface area contributed by atoms with Crippen LogP contribution in [0.2, 0.25) is 28.2 Å². The monoisotopic (exact) mass is 778 g/mol. The molecule has 4 atom stereocenters. The molecule has 1 saturated heterocycles. The second-order valence-electron chi connectivity index (χ2n) is 18.6. The summed E-state index contributed by atoms with van der Waals surface area (Å²) in [6.07, 6.45) is 2.42. The Morgan fingerprint density at radius 3 is 1.37 bits per heavy atom. The van der Waals surface area contributed by atoms with Crippen molar-refractivity contribution in [3.8, 4) is 0 Å². The molecule has 0 bridgehead atoms. The molecule has 4 aromatic rings. The summed E-state index contributed by atoms with van der Waals surface area (Å²) in [6.45, 7) is 30.5. The van der Waals surface area contributed by atoms with E-state index in [4.69, 9.17) is 18.0 Å². The quantitative estimate of drug-likeness (QED) is 0.0945. The van der Waals surface area contributed by atoms with Gasteiger partial charge in [0, 0.05) is 13.0 Å². The Labute approximate surface area is 330 Å². The van der Waals surface area contributed by atoms with Crippen LogP contribution in [0, 0.1) is 0 Å². The van der Waals surface area contributed by atoms with E-state index in [-0.39, 0.29) is 39.5 Å². The first-order chi connectivity index (χ1) is 25.4. The Morgan fingerprint density at radius 1 is 0.630 bits per heavy atom. The van der Waals surface area contributed by atoms with E-state index in [2.05, 4.69) is 203 Å². The van der Waals surface area contributed by atoms with E-state index >= 15 is 0 Å². The van der Waals surface area contributed by atoms with Crippen molar-refractivity contribution < 1.29 is 18.0 Å². The first-order valence-electron chi connectivity index (χ1n) is 19.9. The van der Waals surface area contributed by atoms with Crippen LogP contribution in [0.1, 0.15) is 75.2 Å². The molecule has 5 rings (SSSR count). The standard InChI is InChI=1S/C47H66O4Si3/c1-13-41-44(51-54(47(8,9)10,39-30-22-16-23-31-39)40-32-24-17-25-33-40)36-43(49-41)42(34-35-48-52(11,12)45(2,3)4)50-53(46(5,6)7,37-26-18-14-19-27-37)38-28-20-15-21-29-38/h13-33,41-44H,1,34-36H2,2-12H3/t41-,42+,43-,44+/m1/s1. The van der Waals surface area contributed by atoms with Gasteiger partial charge >= 0.3 is 0 Å². The SMILES string of the molecule is C=C[C@H]1O[C@@H]([C@H](CCO[Si](C)(C)C(C)(C)C)O[Si](c2ccccc2)(c2ccccc2)C(C)(C)C)C[C@@H]1O[Si](c1ccccc1)(c1ccccc1)C(C)(C)C. The Bertz CT molecular complexity index is 1680. The Hall–Kier alpha value is -2.89. The van der Waals surface area contributed by atoms with E-state index in [1.54, 1.807) is 0 Å². The molecule has 4 aromatic carbocycles. The lowest BCUT2D eigenvalue weighted by Crippen LogP contribution is -2.68. The van der Waals surface area contributed by atoms with Crippen LogP contribution < -0.4 is 20.7 Å². The van der Waals surface area contributed by atoms with E-state index in [0.29, 0.717) is 13.0 Å². The number of ether oxygens (including phenoxy) is 1. The van der Waals surface area contributed by atoms with Gasteiger partial charge in [-0.2, -0.15) is 0 Å². The molecule has 0 saturated carbocycles. The van der Waals surface area contributed by atoms with Crippen molar-refractivity contribution in [1.82, 2.24) is 0 Å². The third-order valence-corrected chi connectivity index (χ3v) is 26.6. The van der Waals surface area contributed by atoms with Crippen molar-refractivity contribution in [3.63, 3.8) is 0 Å². The first-order valence-corrected chi connectivity index (χ1v) is 26.6. The molecule has 0 radical (unpaired) electrons. The molecule has 0 unspecified atom stereocenters. The number of benzene rings is 4. The molecule has 0 amide bonds. The van der Waals surface area contributed by atoms with Crippen LogP contribution in [0.15, 0.2) is 134 Å². The molecule has 1 heterocycles. The predicted octanol–water partition coefficient (Wildman–Crippen LogP) is 9.63. The zero-order chi connectivity index (χ0) is 39.4. The van der Waals surface area contributed by atoms with Crippen molar-refractivity contribution in [2.24, 2.45) is 0 Å². The molecule has 0 aliphatic carbocycles. The van der Waals surface area contributed by atoms with E-state index in [1.807, 2.05) is 6.08 Å². The fraction of sp³-hybridized carbons (Fsp3) is 0.447. The molecular formula is C47H66O4Si3. The summed E-state index contributed by atoms with van der Waals surface area (Å²) in [5, 5.41) is 4.80. The number of rotatable bonds is 14. The molecule has 1 fully saturated rings. The molecule has 7 heteroatoms. The van der Waals surface area contributed by atoms with Gasteiger partial charge in [-0.15, -0.1) is 6.58 Å². The predicted molar refractivity (Wildman–Crippen MR) is 236 cm³/mol. The zero-order valence-electron chi connectivity index (χ0n) is 34.9. The van der Waals surface area contributed by atoms with Gasteiger partial charge < -0.3 is 18.0 Å². The summed E-state index contributed by atoms with van der Waals surface area (Å²) in [5.41, 5.74) is 0. The number of hydrogen-bond donors (Lipinski definition) is 0. The lowest BCUT2D eigenvalue weighted by molar-refractivity contribution is -0.0262. The maximum atomic E-state index is 7.94. The van der Waals surface area contributed by atoms with Crippen molar-refractivity contribution in [3.05, 3.63) is 134 Å². The highest BCUT2D eigenvalue weighted by Crippen LogP contribution is 2.43. The number of hydrogen-bond acceptors (Lipinski definition) is 4. The molecule has 0 N–H and O–H groups in total. The smallest absolute Gasteiger partial charge is 0.261 e. The molecular weight excluding hydrogens is 713 g/mol. The molecule has 1 aliphatic rings. The van der Waals surface area contributed by atoms with Gasteiger partial charge in [-0.1, -0.05) is 190 Å². The minimum Gasteiger partial charge on any atom is -0.417 e. The van der Waals surface area contributed by atoms with Gasteiger partial charge in [0.15, 0.2) is 8.32 Å². The fourth-order valence-corrected chi connectivity index (χ4v) is 18.6. The highest BCUT2D eigenvalue weighted by atomic mass is 28.4. The molecule has 290 valence electrons. The second-order valence-corrected chi connectivity index (χ2v) is 32.0. The molecule has 0 spiro atoms. The Morgan fingerprint density at radius 2 is 1.02 bits per heavy atom. The van der Waals surface area contributed by atoms with E-state index < -0.39 is 25.0 Å². The van der Waals surface area contributed by atoms with Gasteiger partial charge in [-0.3, -0.25) is 0 Å². The van der Waals surface area contributed by atoms with Crippen molar-refractivity contribution in [2.45, 2.75) is 128 Å². The highest BCUT2D eigenvalue weighted by Gasteiger charge is 2.56. The van der Waals surface area contributed by atoms with Crippen LogP contribution in [0.3, 0.4) is 0 Å². The maximum Gasteiger partial charge on any atom is 0.261 e. The van der Waals surface area contributed by atoms with E-state index in [1.165, 1.54) is 20.7 Å². The summed E-state index contributed by atoms with van der Waals surface area (Å²) in [6, 6.07) is 43.7. The molecule has 54 heavy (non-hydrogen) atoms. The molecule has 1 aliphatic heterocycles. The topological polar surface area (TPSA) is 36.9 Å². The van der Waals surface area contributed by atoms with Gasteiger partial charge in [-0.05, 0) is 55.4 Å². The maximum absolute atomic E-state index is 7.94. The van der Waals surface area contributed by atoms with Crippen molar-refractivity contribution in [1.29, 1.82) is 0 Å². The summed E-state index contributed by atoms with van der Waals surface area (Å²) in [5.74, 6) is 0. The van der Waals surface area contributed by atoms with Crippen LogP contribution in [-0.2, 0) is 18.0 Å². The van der Waals surface area contributed by atoms with E-state index in [9.17, 15) is 0 Å². The zero-order valence-corrected chi connectivity index (χ0v) is 37.9. The largest absolute Gasteiger partial charge is 0.417 e. The van der Waals surface area contributed by atoms with Crippen LogP contribution in [-0.4, -0.2) is 56.0 Å². The fourth-order valence-electron chi connectivity index (χ4n) is 8.07. The minimum absolute atomic E-state index is 0.105. The van der Waals surface area contributed by atoms with Gasteiger partial charge in [0.05, 0.1) is 18.3 Å². The van der Waals surface area contributed by atoms with Gasteiger partial charge in [0.1, 0.15) is 6.10 Å².